The van der Waals surface area contributed by atoms with E-state index in [-0.39, 0.29) is 12.7 Å². The predicted octanol–water partition coefficient (Wildman–Crippen LogP) is 5.27. The molecule has 0 fully saturated rings. The Labute approximate surface area is 197 Å². The third-order valence-corrected chi connectivity index (χ3v) is 6.48. The molecule has 0 radical (unpaired) electrons. The highest BCUT2D eigenvalue weighted by atomic mass is 35.5. The number of benzene rings is 3. The summed E-state index contributed by atoms with van der Waals surface area (Å²) in [6.45, 7) is 0.140. The van der Waals surface area contributed by atoms with E-state index in [0.717, 1.165) is 10.1 Å². The first kappa shape index (κ1) is 21.0. The Kier molecular flexibility index (Phi) is 5.68. The Morgan fingerprint density at radius 2 is 1.82 bits per heavy atom. The van der Waals surface area contributed by atoms with E-state index in [9.17, 15) is 9.59 Å². The van der Waals surface area contributed by atoms with E-state index in [2.05, 4.69) is 10.5 Å². The summed E-state index contributed by atoms with van der Waals surface area (Å²) < 4.78 is 16.9. The van der Waals surface area contributed by atoms with Gasteiger partial charge in [0, 0.05) is 15.6 Å². The van der Waals surface area contributed by atoms with E-state index in [1.807, 2.05) is 24.3 Å². The van der Waals surface area contributed by atoms with Gasteiger partial charge in [-0.3, -0.25) is 4.79 Å². The molecule has 1 aliphatic heterocycles. The van der Waals surface area contributed by atoms with Crippen molar-refractivity contribution in [3.8, 4) is 17.2 Å². The van der Waals surface area contributed by atoms with Crippen LogP contribution in [0.2, 0.25) is 5.02 Å². The Morgan fingerprint density at radius 3 is 2.64 bits per heavy atom. The number of nitrogens with one attached hydrogen (secondary N) is 1. The number of carbonyl (C=O) groups is 2. The van der Waals surface area contributed by atoms with Crippen LogP contribution in [0, 0.1) is 0 Å². The number of nitrogens with zero attached hydrogens (tertiary/aromatic N) is 1. The number of amides is 1. The first-order chi connectivity index (χ1) is 16.1. The zero-order valence-electron chi connectivity index (χ0n) is 16.9. The molecule has 0 bridgehead atoms. The smallest absolute Gasteiger partial charge is 0.355 e. The maximum absolute atomic E-state index is 12.6. The molecule has 4 aromatic rings. The molecule has 7 nitrogen and oxygen atoms in total. The summed E-state index contributed by atoms with van der Waals surface area (Å²) in [5.74, 6) is 0.600. The zero-order valence-corrected chi connectivity index (χ0v) is 18.5. The van der Waals surface area contributed by atoms with Crippen LogP contribution in [0.3, 0.4) is 0 Å². The van der Waals surface area contributed by atoms with Crippen molar-refractivity contribution in [1.29, 1.82) is 0 Å². The van der Waals surface area contributed by atoms with Crippen LogP contribution >= 0.6 is 22.9 Å². The second-order valence-corrected chi connectivity index (χ2v) is 8.40. The molecule has 0 unspecified atom stereocenters. The van der Waals surface area contributed by atoms with Gasteiger partial charge in [0.1, 0.15) is 10.6 Å². The van der Waals surface area contributed by atoms with Crippen molar-refractivity contribution in [3.63, 3.8) is 0 Å². The summed E-state index contributed by atoms with van der Waals surface area (Å²) in [5, 5.41) is 5.18. The molecule has 2 heterocycles. The van der Waals surface area contributed by atoms with Gasteiger partial charge in [-0.2, -0.15) is 5.10 Å². The lowest BCUT2D eigenvalue weighted by Crippen LogP contribution is -2.17. The van der Waals surface area contributed by atoms with Crippen LogP contribution in [0.4, 0.5) is 0 Å². The number of thiophene rings is 1. The monoisotopic (exact) mass is 478 g/mol. The lowest BCUT2D eigenvalue weighted by Gasteiger charge is -2.04. The summed E-state index contributed by atoms with van der Waals surface area (Å²) >= 11 is 7.63. The van der Waals surface area contributed by atoms with Crippen molar-refractivity contribution in [2.45, 2.75) is 0 Å². The molecule has 3 aromatic carbocycles. The van der Waals surface area contributed by atoms with Crippen LogP contribution in [-0.2, 0) is 0 Å². The maximum atomic E-state index is 12.6. The number of hydrogen-bond acceptors (Lipinski definition) is 7. The van der Waals surface area contributed by atoms with Crippen LogP contribution in [-0.4, -0.2) is 24.9 Å². The molecule has 164 valence electrons. The van der Waals surface area contributed by atoms with Crippen molar-refractivity contribution < 1.29 is 23.8 Å². The molecular formula is C24H15ClN2O5S. The standard InChI is InChI=1S/C24H15ClN2O5S/c25-21-17-3-1-2-4-20(17)33-22(21)24(29)32-16-8-5-14(6-9-16)12-26-27-23(28)15-7-10-18-19(11-15)31-13-30-18/h1-12H,13H2,(H,27,28). The molecule has 0 saturated heterocycles. The third-order valence-electron chi connectivity index (χ3n) is 4.83. The highest BCUT2D eigenvalue weighted by Gasteiger charge is 2.19. The van der Waals surface area contributed by atoms with Crippen LogP contribution in [0.5, 0.6) is 17.2 Å². The Balaban J connectivity index is 1.20. The lowest BCUT2D eigenvalue weighted by molar-refractivity contribution is 0.0739. The molecule has 0 aliphatic carbocycles. The first-order valence-corrected chi connectivity index (χ1v) is 11.0. The van der Waals surface area contributed by atoms with Crippen molar-refractivity contribution in [3.05, 3.63) is 87.8 Å². The highest BCUT2D eigenvalue weighted by Crippen LogP contribution is 2.36. The lowest BCUT2D eigenvalue weighted by atomic mass is 10.2. The highest BCUT2D eigenvalue weighted by molar-refractivity contribution is 7.21. The molecule has 9 heteroatoms. The van der Waals surface area contributed by atoms with E-state index in [0.29, 0.717) is 38.3 Å². The number of ether oxygens (including phenoxy) is 3. The van der Waals surface area contributed by atoms with Gasteiger partial charge in [-0.1, -0.05) is 29.8 Å². The second kappa shape index (κ2) is 8.93. The van der Waals surface area contributed by atoms with E-state index in [4.69, 9.17) is 25.8 Å². The normalized spacial score (nSPS) is 12.3. The summed E-state index contributed by atoms with van der Waals surface area (Å²) in [5.41, 5.74) is 3.57. The Bertz CT molecular complexity index is 1400. The predicted molar refractivity (Wildman–Crippen MR) is 126 cm³/mol. The fraction of sp³-hybridized carbons (Fsp3) is 0.0417. The summed E-state index contributed by atoms with van der Waals surface area (Å²) in [6.07, 6.45) is 1.49. The van der Waals surface area contributed by atoms with Gasteiger partial charge in [0.25, 0.3) is 5.91 Å². The quantitative estimate of drug-likeness (QED) is 0.183. The molecule has 1 amide bonds. The van der Waals surface area contributed by atoms with Gasteiger partial charge in [0.15, 0.2) is 11.5 Å². The SMILES string of the molecule is O=C(NN=Cc1ccc(OC(=O)c2sc3ccccc3c2Cl)cc1)c1ccc2c(c1)OCO2. The second-order valence-electron chi connectivity index (χ2n) is 6.97. The van der Waals surface area contributed by atoms with Gasteiger partial charge in [0.2, 0.25) is 6.79 Å². The minimum absolute atomic E-state index is 0.140. The van der Waals surface area contributed by atoms with Gasteiger partial charge in [-0.05, 0) is 54.1 Å². The molecule has 1 aliphatic rings. The van der Waals surface area contributed by atoms with Gasteiger partial charge >= 0.3 is 5.97 Å². The number of fused-ring (bicyclic) bond motifs is 2. The number of halogens is 1. The fourth-order valence-electron chi connectivity index (χ4n) is 3.19. The van der Waals surface area contributed by atoms with E-state index < -0.39 is 5.97 Å². The largest absolute Gasteiger partial charge is 0.454 e. The molecule has 0 atom stereocenters. The number of hydrazone groups is 1. The molecule has 33 heavy (non-hydrogen) atoms. The van der Waals surface area contributed by atoms with Gasteiger partial charge < -0.3 is 14.2 Å². The van der Waals surface area contributed by atoms with Crippen LogP contribution < -0.4 is 19.6 Å². The van der Waals surface area contributed by atoms with E-state index in [1.165, 1.54) is 17.6 Å². The van der Waals surface area contributed by atoms with Crippen LogP contribution in [0.15, 0.2) is 71.8 Å². The summed E-state index contributed by atoms with van der Waals surface area (Å²) in [4.78, 5) is 25.2. The summed E-state index contributed by atoms with van der Waals surface area (Å²) in [7, 11) is 0. The first-order valence-electron chi connectivity index (χ1n) is 9.81. The summed E-state index contributed by atoms with van der Waals surface area (Å²) in [6, 6.07) is 19.1. The number of esters is 1. The van der Waals surface area contributed by atoms with Crippen molar-refractivity contribution in [2.24, 2.45) is 5.10 Å². The number of carbonyl (C=O) groups excluding carboxylic acids is 2. The average Bonchev–Trinajstić information content (AvgIpc) is 3.44. The molecule has 0 saturated carbocycles. The number of hydrogen-bond donors (Lipinski definition) is 1. The molecule has 0 spiro atoms. The van der Waals surface area contributed by atoms with Crippen LogP contribution in [0.1, 0.15) is 25.6 Å². The van der Waals surface area contributed by atoms with Gasteiger partial charge in [0.05, 0.1) is 11.2 Å². The molecule has 1 N–H and O–H groups in total. The van der Waals surface area contributed by atoms with Gasteiger partial charge in [-0.15, -0.1) is 11.3 Å². The fourth-order valence-corrected chi connectivity index (χ4v) is 4.57. The number of rotatable bonds is 5. The topological polar surface area (TPSA) is 86.2 Å². The Hall–Kier alpha value is -3.88. The van der Waals surface area contributed by atoms with Crippen molar-refractivity contribution in [2.75, 3.05) is 6.79 Å². The van der Waals surface area contributed by atoms with E-state index >= 15 is 0 Å². The average molecular weight is 479 g/mol. The van der Waals surface area contributed by atoms with Gasteiger partial charge in [-0.25, -0.2) is 10.2 Å². The van der Waals surface area contributed by atoms with Crippen molar-refractivity contribution >= 4 is 51.1 Å². The van der Waals surface area contributed by atoms with Crippen LogP contribution in [0.25, 0.3) is 10.1 Å². The third kappa shape index (κ3) is 4.39. The molecular weight excluding hydrogens is 464 g/mol. The van der Waals surface area contributed by atoms with Crippen molar-refractivity contribution in [1.82, 2.24) is 5.43 Å². The molecule has 1 aromatic heterocycles. The zero-order chi connectivity index (χ0) is 22.8. The maximum Gasteiger partial charge on any atom is 0.355 e. The molecule has 5 rings (SSSR count). The Morgan fingerprint density at radius 1 is 1.03 bits per heavy atom. The minimum atomic E-state index is -0.515. The minimum Gasteiger partial charge on any atom is -0.454 e. The van der Waals surface area contributed by atoms with E-state index in [1.54, 1.807) is 42.5 Å².